The second-order valence-corrected chi connectivity index (χ2v) is 3.53. The number of benzene rings is 1. The number of ether oxygens (including phenoxy) is 1. The van der Waals surface area contributed by atoms with Crippen LogP contribution in [0.1, 0.15) is 25.3 Å². The average molecular weight is 182 g/mol. The summed E-state index contributed by atoms with van der Waals surface area (Å²) >= 11 is 4.38. The van der Waals surface area contributed by atoms with Crippen LogP contribution in [-0.4, -0.2) is 7.11 Å². The highest BCUT2D eigenvalue weighted by Gasteiger charge is 2.09. The second kappa shape index (κ2) is 3.85. The van der Waals surface area contributed by atoms with Crippen LogP contribution in [0.5, 0.6) is 5.75 Å². The normalized spacial score (nSPS) is 10.4. The van der Waals surface area contributed by atoms with E-state index in [1.54, 1.807) is 7.11 Å². The number of hydrogen-bond donors (Lipinski definition) is 1. The molecule has 0 fully saturated rings. The number of hydrogen-bond acceptors (Lipinski definition) is 2. The summed E-state index contributed by atoms with van der Waals surface area (Å²) < 4.78 is 5.24. The van der Waals surface area contributed by atoms with Gasteiger partial charge in [-0.05, 0) is 18.1 Å². The summed E-state index contributed by atoms with van der Waals surface area (Å²) in [5.74, 6) is 1.38. The molecule has 0 atom stereocenters. The first-order chi connectivity index (χ1) is 5.66. The molecule has 0 saturated heterocycles. The average Bonchev–Trinajstić information content (AvgIpc) is 2.03. The number of methoxy groups -OCH3 is 1. The molecule has 0 aliphatic rings. The van der Waals surface area contributed by atoms with Crippen molar-refractivity contribution in [3.05, 3.63) is 23.8 Å². The van der Waals surface area contributed by atoms with Gasteiger partial charge in [0.1, 0.15) is 5.75 Å². The Bertz CT molecular complexity index is 269. The van der Waals surface area contributed by atoms with E-state index in [1.165, 1.54) is 5.56 Å². The molecule has 0 bridgehead atoms. The minimum atomic E-state index is 0.452. The van der Waals surface area contributed by atoms with Crippen LogP contribution >= 0.6 is 12.6 Å². The Balaban J connectivity index is 3.20. The van der Waals surface area contributed by atoms with Crippen LogP contribution in [-0.2, 0) is 0 Å². The van der Waals surface area contributed by atoms with E-state index in [-0.39, 0.29) is 0 Å². The highest BCUT2D eigenvalue weighted by molar-refractivity contribution is 7.80. The van der Waals surface area contributed by atoms with Gasteiger partial charge in [-0.1, -0.05) is 19.9 Å². The predicted octanol–water partition coefficient (Wildman–Crippen LogP) is 3.11. The van der Waals surface area contributed by atoms with Gasteiger partial charge in [-0.2, -0.15) is 0 Å². The molecule has 0 saturated carbocycles. The highest BCUT2D eigenvalue weighted by atomic mass is 32.1. The van der Waals surface area contributed by atoms with Gasteiger partial charge in [0.2, 0.25) is 0 Å². The first kappa shape index (κ1) is 9.46. The lowest BCUT2D eigenvalue weighted by molar-refractivity contribution is 0.405. The van der Waals surface area contributed by atoms with Crippen LogP contribution in [0, 0.1) is 0 Å². The fraction of sp³-hybridized carbons (Fsp3) is 0.400. The van der Waals surface area contributed by atoms with Gasteiger partial charge in [-0.25, -0.2) is 0 Å². The van der Waals surface area contributed by atoms with Gasteiger partial charge in [0.25, 0.3) is 0 Å². The summed E-state index contributed by atoms with van der Waals surface area (Å²) in [6.07, 6.45) is 0. The lowest BCUT2D eigenvalue weighted by Crippen LogP contribution is -1.95. The summed E-state index contributed by atoms with van der Waals surface area (Å²) in [5, 5.41) is 0. The Morgan fingerprint density at radius 2 is 2.00 bits per heavy atom. The molecule has 1 nitrogen and oxygen atoms in total. The quantitative estimate of drug-likeness (QED) is 0.691. The zero-order valence-corrected chi connectivity index (χ0v) is 8.56. The Labute approximate surface area is 79.2 Å². The maximum absolute atomic E-state index is 5.24. The summed E-state index contributed by atoms with van der Waals surface area (Å²) in [6, 6.07) is 5.91. The standard InChI is InChI=1S/C10H14OS/c1-7(2)10-8(11-3)5-4-6-9(10)12/h4-7,12H,1-3H3. The molecule has 0 heterocycles. The van der Waals surface area contributed by atoms with E-state index in [2.05, 4.69) is 26.5 Å². The van der Waals surface area contributed by atoms with Gasteiger partial charge in [0.05, 0.1) is 7.11 Å². The molecule has 0 aliphatic heterocycles. The summed E-state index contributed by atoms with van der Waals surface area (Å²) in [7, 11) is 1.69. The topological polar surface area (TPSA) is 9.23 Å². The fourth-order valence-electron chi connectivity index (χ4n) is 1.29. The van der Waals surface area contributed by atoms with Crippen molar-refractivity contribution >= 4 is 12.6 Å². The Kier molecular flexibility index (Phi) is 3.04. The van der Waals surface area contributed by atoms with E-state index in [9.17, 15) is 0 Å². The molecule has 66 valence electrons. The third-order valence-electron chi connectivity index (χ3n) is 1.84. The molecule has 0 spiro atoms. The first-order valence-electron chi connectivity index (χ1n) is 4.02. The Morgan fingerprint density at radius 3 is 2.42 bits per heavy atom. The summed E-state index contributed by atoms with van der Waals surface area (Å²) in [4.78, 5) is 1.00. The maximum Gasteiger partial charge on any atom is 0.123 e. The van der Waals surface area contributed by atoms with E-state index in [0.29, 0.717) is 5.92 Å². The van der Waals surface area contributed by atoms with Crippen LogP contribution < -0.4 is 4.74 Å². The Morgan fingerprint density at radius 1 is 1.33 bits per heavy atom. The van der Waals surface area contributed by atoms with Crippen molar-refractivity contribution in [2.75, 3.05) is 7.11 Å². The van der Waals surface area contributed by atoms with E-state index in [4.69, 9.17) is 4.74 Å². The van der Waals surface area contributed by atoms with Crippen LogP contribution in [0.4, 0.5) is 0 Å². The second-order valence-electron chi connectivity index (χ2n) is 3.05. The molecule has 0 radical (unpaired) electrons. The van der Waals surface area contributed by atoms with Crippen molar-refractivity contribution in [1.82, 2.24) is 0 Å². The van der Waals surface area contributed by atoms with Gasteiger partial charge >= 0.3 is 0 Å². The van der Waals surface area contributed by atoms with E-state index in [0.717, 1.165) is 10.6 Å². The summed E-state index contributed by atoms with van der Waals surface area (Å²) in [5.41, 5.74) is 1.18. The van der Waals surface area contributed by atoms with E-state index >= 15 is 0 Å². The zero-order chi connectivity index (χ0) is 9.14. The molecular formula is C10H14OS. The molecule has 0 aliphatic carbocycles. The minimum absolute atomic E-state index is 0.452. The zero-order valence-electron chi connectivity index (χ0n) is 7.66. The molecule has 1 aromatic rings. The third-order valence-corrected chi connectivity index (χ3v) is 2.23. The third kappa shape index (κ3) is 1.75. The molecule has 0 aromatic heterocycles. The highest BCUT2D eigenvalue weighted by Crippen LogP contribution is 2.31. The van der Waals surface area contributed by atoms with Crippen molar-refractivity contribution in [3.63, 3.8) is 0 Å². The van der Waals surface area contributed by atoms with Crippen LogP contribution in [0.3, 0.4) is 0 Å². The van der Waals surface area contributed by atoms with E-state index < -0.39 is 0 Å². The van der Waals surface area contributed by atoms with Gasteiger partial charge in [-0.15, -0.1) is 12.6 Å². The smallest absolute Gasteiger partial charge is 0.123 e. The van der Waals surface area contributed by atoms with Crippen molar-refractivity contribution in [2.24, 2.45) is 0 Å². The van der Waals surface area contributed by atoms with Gasteiger partial charge in [0, 0.05) is 10.5 Å². The molecule has 12 heavy (non-hydrogen) atoms. The van der Waals surface area contributed by atoms with Crippen molar-refractivity contribution < 1.29 is 4.74 Å². The molecule has 0 unspecified atom stereocenters. The van der Waals surface area contributed by atoms with Crippen LogP contribution in [0.25, 0.3) is 0 Å². The maximum atomic E-state index is 5.24. The molecular weight excluding hydrogens is 168 g/mol. The van der Waals surface area contributed by atoms with Crippen molar-refractivity contribution in [2.45, 2.75) is 24.7 Å². The van der Waals surface area contributed by atoms with E-state index in [1.807, 2.05) is 18.2 Å². The van der Waals surface area contributed by atoms with Crippen LogP contribution in [0.15, 0.2) is 23.1 Å². The molecule has 2 heteroatoms. The van der Waals surface area contributed by atoms with Crippen LogP contribution in [0.2, 0.25) is 0 Å². The lowest BCUT2D eigenvalue weighted by atomic mass is 10.0. The van der Waals surface area contributed by atoms with Gasteiger partial charge in [0.15, 0.2) is 0 Å². The van der Waals surface area contributed by atoms with Gasteiger partial charge < -0.3 is 4.74 Å². The molecule has 1 aromatic carbocycles. The first-order valence-corrected chi connectivity index (χ1v) is 4.47. The lowest BCUT2D eigenvalue weighted by Gasteiger charge is -2.13. The van der Waals surface area contributed by atoms with Crippen molar-refractivity contribution in [3.8, 4) is 5.75 Å². The van der Waals surface area contributed by atoms with Crippen molar-refractivity contribution in [1.29, 1.82) is 0 Å². The number of thiol groups is 1. The molecule has 0 N–H and O–H groups in total. The molecule has 0 amide bonds. The number of rotatable bonds is 2. The monoisotopic (exact) mass is 182 g/mol. The SMILES string of the molecule is COc1cccc(S)c1C(C)C. The molecule has 1 rings (SSSR count). The Hall–Kier alpha value is -0.630. The fourth-order valence-corrected chi connectivity index (χ4v) is 1.75. The minimum Gasteiger partial charge on any atom is -0.496 e. The summed E-state index contributed by atoms with van der Waals surface area (Å²) in [6.45, 7) is 4.27. The predicted molar refractivity (Wildman–Crippen MR) is 54.3 cm³/mol. The van der Waals surface area contributed by atoms with Gasteiger partial charge in [-0.3, -0.25) is 0 Å². The largest absolute Gasteiger partial charge is 0.496 e.